The third-order valence-corrected chi connectivity index (χ3v) is 7.62. The van der Waals surface area contributed by atoms with E-state index in [-0.39, 0.29) is 38.7 Å². The van der Waals surface area contributed by atoms with E-state index in [0.29, 0.717) is 17.2 Å². The van der Waals surface area contributed by atoms with Crippen LogP contribution in [-0.2, 0) is 16.4 Å². The Balaban J connectivity index is 1.60. The second kappa shape index (κ2) is 11.1. The summed E-state index contributed by atoms with van der Waals surface area (Å²) in [7, 11) is -1.09. The molecular formula is C27H24ClFN2O5S. The average Bonchev–Trinajstić information content (AvgIpc) is 2.89. The van der Waals surface area contributed by atoms with Gasteiger partial charge in [0, 0.05) is 23.4 Å². The van der Waals surface area contributed by atoms with Gasteiger partial charge in [-0.05, 0) is 49.4 Å². The van der Waals surface area contributed by atoms with Crippen LogP contribution in [0.3, 0.4) is 0 Å². The van der Waals surface area contributed by atoms with Crippen molar-refractivity contribution in [3.8, 4) is 17.2 Å². The maximum atomic E-state index is 14.3. The summed E-state index contributed by atoms with van der Waals surface area (Å²) in [6.07, 6.45) is 0. The molecule has 3 aromatic carbocycles. The molecule has 1 heterocycles. The SMILES string of the molecule is COc1cc(Cl)c(Nc2nc(C)ccc2S(=O)(=O)c2ccc(OCc3ccccc3OC)cc2)cc1F. The molecule has 0 amide bonds. The molecule has 1 aromatic heterocycles. The van der Waals surface area contributed by atoms with Gasteiger partial charge in [0.1, 0.15) is 28.8 Å². The number of ether oxygens (including phenoxy) is 3. The standard InChI is InChI=1S/C27H24ClFN2O5S/c1-17-8-13-26(27(30-17)31-23-15-22(29)25(35-3)14-21(23)28)37(32,33)20-11-9-19(10-12-20)36-16-18-6-4-5-7-24(18)34-2/h4-15H,16H2,1-3H3,(H,30,31). The highest BCUT2D eigenvalue weighted by molar-refractivity contribution is 7.91. The largest absolute Gasteiger partial charge is 0.496 e. The van der Waals surface area contributed by atoms with E-state index in [0.717, 1.165) is 11.6 Å². The van der Waals surface area contributed by atoms with Gasteiger partial charge in [-0.25, -0.2) is 17.8 Å². The van der Waals surface area contributed by atoms with E-state index >= 15 is 0 Å². The van der Waals surface area contributed by atoms with Gasteiger partial charge in [-0.15, -0.1) is 0 Å². The first kappa shape index (κ1) is 26.2. The molecule has 0 atom stereocenters. The number of para-hydroxylation sites is 1. The first-order valence-electron chi connectivity index (χ1n) is 11.1. The van der Waals surface area contributed by atoms with Crippen LogP contribution in [0, 0.1) is 12.7 Å². The Kier molecular flexibility index (Phi) is 7.85. The number of hydrogen-bond donors (Lipinski definition) is 1. The van der Waals surface area contributed by atoms with Gasteiger partial charge < -0.3 is 19.5 Å². The third-order valence-electron chi connectivity index (χ3n) is 5.50. The quantitative estimate of drug-likeness (QED) is 0.263. The summed E-state index contributed by atoms with van der Waals surface area (Å²) >= 11 is 6.26. The molecule has 0 aliphatic carbocycles. The lowest BCUT2D eigenvalue weighted by atomic mass is 10.2. The van der Waals surface area contributed by atoms with Crippen LogP contribution in [0.1, 0.15) is 11.3 Å². The van der Waals surface area contributed by atoms with Crippen LogP contribution in [0.4, 0.5) is 15.9 Å². The number of rotatable bonds is 9. The average molecular weight is 543 g/mol. The van der Waals surface area contributed by atoms with Crippen LogP contribution in [0.5, 0.6) is 17.2 Å². The van der Waals surface area contributed by atoms with Crippen molar-refractivity contribution in [2.24, 2.45) is 0 Å². The van der Waals surface area contributed by atoms with Gasteiger partial charge in [0.2, 0.25) is 9.84 Å². The number of aryl methyl sites for hydroxylation is 1. The summed E-state index contributed by atoms with van der Waals surface area (Å²) in [6.45, 7) is 1.97. The molecule has 7 nitrogen and oxygen atoms in total. The van der Waals surface area contributed by atoms with Crippen molar-refractivity contribution in [1.82, 2.24) is 4.98 Å². The Bertz CT molecular complexity index is 1530. The lowest BCUT2D eigenvalue weighted by Gasteiger charge is -2.15. The van der Waals surface area contributed by atoms with E-state index < -0.39 is 15.7 Å². The normalized spacial score (nSPS) is 11.2. The first-order chi connectivity index (χ1) is 17.7. The second-order valence-electron chi connectivity index (χ2n) is 7.97. The van der Waals surface area contributed by atoms with Crippen LogP contribution in [0.15, 0.2) is 82.6 Å². The topological polar surface area (TPSA) is 86.8 Å². The molecule has 0 radical (unpaired) electrons. The van der Waals surface area contributed by atoms with E-state index in [1.807, 2.05) is 24.3 Å². The number of hydrogen-bond acceptors (Lipinski definition) is 7. The van der Waals surface area contributed by atoms with Crippen LogP contribution < -0.4 is 19.5 Å². The Morgan fingerprint density at radius 1 is 0.946 bits per heavy atom. The minimum absolute atomic E-state index is 0.0166. The predicted molar refractivity (Wildman–Crippen MR) is 139 cm³/mol. The van der Waals surface area contributed by atoms with Crippen molar-refractivity contribution >= 4 is 32.9 Å². The maximum Gasteiger partial charge on any atom is 0.210 e. The molecule has 192 valence electrons. The molecule has 0 unspecified atom stereocenters. The number of benzene rings is 3. The highest BCUT2D eigenvalue weighted by Gasteiger charge is 2.24. The zero-order chi connectivity index (χ0) is 26.6. The van der Waals surface area contributed by atoms with Crippen LogP contribution >= 0.6 is 11.6 Å². The molecule has 4 aromatic rings. The van der Waals surface area contributed by atoms with Gasteiger partial charge in [0.05, 0.1) is 29.8 Å². The van der Waals surface area contributed by atoms with Crippen molar-refractivity contribution in [3.63, 3.8) is 0 Å². The number of halogens is 2. The Morgan fingerprint density at radius 2 is 1.65 bits per heavy atom. The molecule has 1 N–H and O–H groups in total. The Hall–Kier alpha value is -3.82. The van der Waals surface area contributed by atoms with Crippen molar-refractivity contribution in [2.45, 2.75) is 23.3 Å². The molecule has 0 aliphatic rings. The van der Waals surface area contributed by atoms with Crippen molar-refractivity contribution in [2.75, 3.05) is 19.5 Å². The molecule has 0 saturated carbocycles. The molecular weight excluding hydrogens is 519 g/mol. The van der Waals surface area contributed by atoms with Gasteiger partial charge in [-0.3, -0.25) is 0 Å². The van der Waals surface area contributed by atoms with Crippen LogP contribution in [0.25, 0.3) is 0 Å². The first-order valence-corrected chi connectivity index (χ1v) is 13.0. The fourth-order valence-electron chi connectivity index (χ4n) is 3.58. The van der Waals surface area contributed by atoms with Gasteiger partial charge >= 0.3 is 0 Å². The van der Waals surface area contributed by atoms with Crippen molar-refractivity contribution < 1.29 is 27.0 Å². The monoisotopic (exact) mass is 542 g/mol. The van der Waals surface area contributed by atoms with Gasteiger partial charge in [-0.1, -0.05) is 29.8 Å². The zero-order valence-electron chi connectivity index (χ0n) is 20.3. The summed E-state index contributed by atoms with van der Waals surface area (Å²) in [5.74, 6) is 0.517. The molecule has 0 bridgehead atoms. The van der Waals surface area contributed by atoms with Gasteiger partial charge in [-0.2, -0.15) is 0 Å². The molecule has 4 rings (SSSR count). The molecule has 0 saturated heterocycles. The zero-order valence-corrected chi connectivity index (χ0v) is 21.9. The van der Waals surface area contributed by atoms with Crippen LogP contribution in [0.2, 0.25) is 5.02 Å². The number of nitrogens with one attached hydrogen (secondary N) is 1. The lowest BCUT2D eigenvalue weighted by molar-refractivity contribution is 0.296. The summed E-state index contributed by atoms with van der Waals surface area (Å²) in [5.41, 5.74) is 1.57. The highest BCUT2D eigenvalue weighted by Crippen LogP contribution is 2.35. The summed E-state index contributed by atoms with van der Waals surface area (Å²) in [6, 6.07) is 19.0. The van der Waals surface area contributed by atoms with E-state index in [4.69, 9.17) is 25.8 Å². The number of methoxy groups -OCH3 is 2. The summed E-state index contributed by atoms with van der Waals surface area (Å²) in [4.78, 5) is 4.28. The van der Waals surface area contributed by atoms with E-state index in [2.05, 4.69) is 10.3 Å². The van der Waals surface area contributed by atoms with E-state index in [1.54, 1.807) is 32.2 Å². The number of aromatic nitrogens is 1. The Morgan fingerprint density at radius 3 is 2.35 bits per heavy atom. The van der Waals surface area contributed by atoms with Gasteiger partial charge in [0.25, 0.3) is 0 Å². The minimum atomic E-state index is -4.00. The lowest BCUT2D eigenvalue weighted by Crippen LogP contribution is -2.08. The smallest absolute Gasteiger partial charge is 0.210 e. The molecule has 0 spiro atoms. The predicted octanol–water partition coefficient (Wildman–Crippen LogP) is 6.36. The molecule has 37 heavy (non-hydrogen) atoms. The number of anilines is 2. The fraction of sp³-hybridized carbons (Fsp3) is 0.148. The van der Waals surface area contributed by atoms with Crippen LogP contribution in [-0.4, -0.2) is 27.6 Å². The van der Waals surface area contributed by atoms with Crippen molar-refractivity contribution in [1.29, 1.82) is 0 Å². The minimum Gasteiger partial charge on any atom is -0.496 e. The Labute approximate surface area is 219 Å². The van der Waals surface area contributed by atoms with Gasteiger partial charge in [0.15, 0.2) is 11.6 Å². The van der Waals surface area contributed by atoms with Crippen molar-refractivity contribution in [3.05, 3.63) is 94.9 Å². The van der Waals surface area contributed by atoms with E-state index in [9.17, 15) is 12.8 Å². The number of nitrogens with zero attached hydrogens (tertiary/aromatic N) is 1. The maximum absolute atomic E-state index is 14.3. The number of sulfone groups is 1. The molecule has 0 fully saturated rings. The summed E-state index contributed by atoms with van der Waals surface area (Å²) in [5, 5.41) is 3.00. The third kappa shape index (κ3) is 5.79. The van der Waals surface area contributed by atoms with E-state index in [1.165, 1.54) is 31.4 Å². The second-order valence-corrected chi connectivity index (χ2v) is 10.3. The molecule has 0 aliphatic heterocycles. The number of pyridine rings is 1. The summed E-state index contributed by atoms with van der Waals surface area (Å²) < 4.78 is 57.4. The highest BCUT2D eigenvalue weighted by atomic mass is 35.5. The fourth-order valence-corrected chi connectivity index (χ4v) is 5.13. The molecule has 10 heteroatoms.